The Balaban J connectivity index is 1.79. The second-order valence-corrected chi connectivity index (χ2v) is 6.23. The van der Waals surface area contributed by atoms with E-state index < -0.39 is 6.16 Å². The van der Waals surface area contributed by atoms with Gasteiger partial charge in [0.1, 0.15) is 12.4 Å². The van der Waals surface area contributed by atoms with Crippen LogP contribution in [0.4, 0.5) is 9.59 Å². The summed E-state index contributed by atoms with van der Waals surface area (Å²) in [4.78, 5) is 37.0. The molecular formula is C18H23ClN2O6. The van der Waals surface area contributed by atoms with E-state index in [2.05, 4.69) is 10.1 Å². The molecule has 9 heteroatoms. The van der Waals surface area contributed by atoms with Crippen LogP contribution in [0.5, 0.6) is 5.75 Å². The van der Waals surface area contributed by atoms with Crippen LogP contribution < -0.4 is 10.1 Å². The van der Waals surface area contributed by atoms with Gasteiger partial charge < -0.3 is 24.4 Å². The summed E-state index contributed by atoms with van der Waals surface area (Å²) in [6, 6.07) is 6.18. The largest absolute Gasteiger partial charge is 0.513 e. The van der Waals surface area contributed by atoms with Crippen LogP contribution in [0, 0.1) is 0 Å². The first kappa shape index (κ1) is 20.8. The van der Waals surface area contributed by atoms with Crippen molar-refractivity contribution in [3.8, 4) is 5.75 Å². The number of nitrogens with zero attached hydrogens (tertiary/aromatic N) is 1. The molecule has 1 N–H and O–H groups in total. The van der Waals surface area contributed by atoms with Crippen LogP contribution in [-0.2, 0) is 9.47 Å². The van der Waals surface area contributed by atoms with Gasteiger partial charge in [-0.05, 0) is 44.0 Å². The summed E-state index contributed by atoms with van der Waals surface area (Å²) in [6.07, 6.45) is 0.126. The summed E-state index contributed by atoms with van der Waals surface area (Å²) >= 11 is 5.50. The van der Waals surface area contributed by atoms with Crippen molar-refractivity contribution in [3.05, 3.63) is 29.8 Å². The lowest BCUT2D eigenvalue weighted by atomic mass is 10.0. The molecule has 0 saturated carbocycles. The van der Waals surface area contributed by atoms with Crippen LogP contribution >= 0.6 is 11.6 Å². The van der Waals surface area contributed by atoms with Crippen molar-refractivity contribution in [1.82, 2.24) is 10.2 Å². The van der Waals surface area contributed by atoms with E-state index in [1.54, 1.807) is 24.0 Å². The smallest absolute Gasteiger partial charge is 0.448 e. The zero-order valence-corrected chi connectivity index (χ0v) is 15.9. The Morgan fingerprint density at radius 2 is 1.81 bits per heavy atom. The lowest BCUT2D eigenvalue weighted by Crippen LogP contribution is -2.46. The van der Waals surface area contributed by atoms with Crippen LogP contribution in [0.25, 0.3) is 0 Å². The molecule has 148 valence electrons. The van der Waals surface area contributed by atoms with E-state index in [0.29, 0.717) is 37.2 Å². The SMILES string of the molecule is CCOC(=O)Oc1ccc(C(=O)NC2CCN(C(=O)OCCCl)CC2)cc1. The predicted octanol–water partition coefficient (Wildman–Crippen LogP) is 2.79. The van der Waals surface area contributed by atoms with Crippen LogP contribution in [0.2, 0.25) is 0 Å². The van der Waals surface area contributed by atoms with E-state index in [9.17, 15) is 14.4 Å². The van der Waals surface area contributed by atoms with Gasteiger partial charge in [0.05, 0.1) is 12.5 Å². The number of hydrogen-bond acceptors (Lipinski definition) is 6. The van der Waals surface area contributed by atoms with E-state index in [1.165, 1.54) is 12.1 Å². The van der Waals surface area contributed by atoms with Crippen LogP contribution in [0.1, 0.15) is 30.1 Å². The van der Waals surface area contributed by atoms with Crippen LogP contribution in [-0.4, -0.2) is 61.3 Å². The summed E-state index contributed by atoms with van der Waals surface area (Å²) in [7, 11) is 0. The van der Waals surface area contributed by atoms with Gasteiger partial charge in [-0.25, -0.2) is 9.59 Å². The highest BCUT2D eigenvalue weighted by Gasteiger charge is 2.25. The fraction of sp³-hybridized carbons (Fsp3) is 0.500. The van der Waals surface area contributed by atoms with Crippen molar-refractivity contribution in [3.63, 3.8) is 0 Å². The maximum Gasteiger partial charge on any atom is 0.513 e. The number of alkyl halides is 1. The first-order chi connectivity index (χ1) is 13.0. The fourth-order valence-electron chi connectivity index (χ4n) is 2.61. The Morgan fingerprint density at radius 3 is 2.41 bits per heavy atom. The molecule has 1 fully saturated rings. The molecule has 1 aromatic carbocycles. The predicted molar refractivity (Wildman–Crippen MR) is 98.2 cm³/mol. The molecule has 1 aliphatic heterocycles. The molecule has 0 bridgehead atoms. The highest BCUT2D eigenvalue weighted by molar-refractivity contribution is 6.18. The van der Waals surface area contributed by atoms with Gasteiger partial charge in [0.15, 0.2) is 0 Å². The molecule has 2 rings (SSSR count). The average Bonchev–Trinajstić information content (AvgIpc) is 2.67. The van der Waals surface area contributed by atoms with Gasteiger partial charge in [-0.1, -0.05) is 0 Å². The van der Waals surface area contributed by atoms with Crippen LogP contribution in [0.3, 0.4) is 0 Å². The number of nitrogens with one attached hydrogen (secondary N) is 1. The van der Waals surface area contributed by atoms with Crippen molar-refractivity contribution >= 4 is 29.8 Å². The molecule has 0 atom stereocenters. The Morgan fingerprint density at radius 1 is 1.15 bits per heavy atom. The highest BCUT2D eigenvalue weighted by atomic mass is 35.5. The third kappa shape index (κ3) is 6.63. The van der Waals surface area contributed by atoms with Gasteiger partial charge in [0.2, 0.25) is 0 Å². The molecule has 0 aliphatic carbocycles. The number of rotatable bonds is 6. The second kappa shape index (κ2) is 10.6. The summed E-state index contributed by atoms with van der Waals surface area (Å²) in [5, 5.41) is 2.95. The highest BCUT2D eigenvalue weighted by Crippen LogP contribution is 2.15. The molecular weight excluding hydrogens is 376 g/mol. The minimum atomic E-state index is -0.786. The standard InChI is InChI=1S/C18H23ClN2O6/c1-2-25-18(24)27-15-5-3-13(4-6-15)16(22)20-14-7-10-21(11-8-14)17(23)26-12-9-19/h3-6,14H,2,7-12H2,1H3,(H,20,22). The molecule has 0 radical (unpaired) electrons. The molecule has 0 unspecified atom stereocenters. The number of piperidine rings is 1. The van der Waals surface area contributed by atoms with E-state index in [4.69, 9.17) is 21.1 Å². The molecule has 1 aliphatic rings. The molecule has 0 spiro atoms. The number of ether oxygens (including phenoxy) is 3. The van der Waals surface area contributed by atoms with Gasteiger partial charge in [0.25, 0.3) is 5.91 Å². The Labute approximate surface area is 162 Å². The first-order valence-electron chi connectivity index (χ1n) is 8.76. The number of amides is 2. The third-order valence-corrected chi connectivity index (χ3v) is 4.13. The van der Waals surface area contributed by atoms with Gasteiger partial charge in [-0.3, -0.25) is 4.79 Å². The van der Waals surface area contributed by atoms with E-state index in [1.807, 2.05) is 0 Å². The van der Waals surface area contributed by atoms with Gasteiger partial charge in [-0.15, -0.1) is 11.6 Å². The van der Waals surface area contributed by atoms with E-state index >= 15 is 0 Å². The Kier molecular flexibility index (Phi) is 8.19. The monoisotopic (exact) mass is 398 g/mol. The molecule has 1 aromatic rings. The number of halogens is 1. The quantitative estimate of drug-likeness (QED) is 0.450. The van der Waals surface area contributed by atoms with Crippen molar-refractivity contribution < 1.29 is 28.6 Å². The number of likely N-dealkylation sites (tertiary alicyclic amines) is 1. The molecule has 8 nitrogen and oxygen atoms in total. The maximum absolute atomic E-state index is 12.3. The molecule has 1 heterocycles. The Bertz CT molecular complexity index is 644. The lowest BCUT2D eigenvalue weighted by Gasteiger charge is -2.31. The van der Waals surface area contributed by atoms with Crippen molar-refractivity contribution in [2.24, 2.45) is 0 Å². The topological polar surface area (TPSA) is 94.2 Å². The van der Waals surface area contributed by atoms with Gasteiger partial charge in [0, 0.05) is 24.7 Å². The number of benzene rings is 1. The van der Waals surface area contributed by atoms with E-state index in [0.717, 1.165) is 0 Å². The first-order valence-corrected chi connectivity index (χ1v) is 9.30. The zero-order valence-electron chi connectivity index (χ0n) is 15.1. The van der Waals surface area contributed by atoms with Crippen LogP contribution in [0.15, 0.2) is 24.3 Å². The van der Waals surface area contributed by atoms with E-state index in [-0.39, 0.29) is 37.1 Å². The second-order valence-electron chi connectivity index (χ2n) is 5.85. The van der Waals surface area contributed by atoms with Gasteiger partial charge in [-0.2, -0.15) is 0 Å². The minimum Gasteiger partial charge on any atom is -0.448 e. The summed E-state index contributed by atoms with van der Waals surface area (Å²) < 4.78 is 14.6. The third-order valence-electron chi connectivity index (χ3n) is 3.97. The number of carbonyl (C=O) groups excluding carboxylic acids is 3. The van der Waals surface area contributed by atoms with Crippen molar-refractivity contribution in [1.29, 1.82) is 0 Å². The normalized spacial score (nSPS) is 14.4. The average molecular weight is 399 g/mol. The molecule has 27 heavy (non-hydrogen) atoms. The van der Waals surface area contributed by atoms with Crippen molar-refractivity contribution in [2.75, 3.05) is 32.2 Å². The fourth-order valence-corrected chi connectivity index (χ4v) is 2.69. The Hall–Kier alpha value is -2.48. The summed E-state index contributed by atoms with van der Waals surface area (Å²) in [5.74, 6) is 0.344. The van der Waals surface area contributed by atoms with Crippen molar-refractivity contribution in [2.45, 2.75) is 25.8 Å². The minimum absolute atomic E-state index is 0.0231. The lowest BCUT2D eigenvalue weighted by molar-refractivity contribution is 0.0861. The number of carbonyl (C=O) groups is 3. The number of hydrogen-bond donors (Lipinski definition) is 1. The molecule has 1 saturated heterocycles. The summed E-state index contributed by atoms with van der Waals surface area (Å²) in [6.45, 7) is 3.12. The van der Waals surface area contributed by atoms with Gasteiger partial charge >= 0.3 is 12.2 Å². The molecule has 2 amide bonds. The zero-order chi connectivity index (χ0) is 19.6. The maximum atomic E-state index is 12.3. The summed E-state index contributed by atoms with van der Waals surface area (Å²) in [5.41, 5.74) is 0.454. The molecule has 0 aromatic heterocycles.